The first-order valence-electron chi connectivity index (χ1n) is 10.0. The molecular formula is C23H26N2O3. The van der Waals surface area contributed by atoms with Gasteiger partial charge < -0.3 is 14.3 Å². The Hall–Kier alpha value is -2.82. The van der Waals surface area contributed by atoms with Crippen molar-refractivity contribution in [3.63, 3.8) is 0 Å². The van der Waals surface area contributed by atoms with Crippen LogP contribution in [0, 0.1) is 13.8 Å². The third-order valence-electron chi connectivity index (χ3n) is 5.74. The lowest BCUT2D eigenvalue weighted by atomic mass is 9.93. The van der Waals surface area contributed by atoms with Gasteiger partial charge >= 0.3 is 0 Å². The van der Waals surface area contributed by atoms with Gasteiger partial charge in [-0.2, -0.15) is 0 Å². The van der Waals surface area contributed by atoms with Crippen LogP contribution in [0.15, 0.2) is 45.8 Å². The van der Waals surface area contributed by atoms with Crippen molar-refractivity contribution in [2.75, 3.05) is 0 Å². The molecule has 0 saturated heterocycles. The van der Waals surface area contributed by atoms with E-state index in [1.54, 1.807) is 12.1 Å². The van der Waals surface area contributed by atoms with Crippen LogP contribution in [0.5, 0.6) is 0 Å². The van der Waals surface area contributed by atoms with Gasteiger partial charge in [0.25, 0.3) is 11.5 Å². The summed E-state index contributed by atoms with van der Waals surface area (Å²) in [6.07, 6.45) is 6.87. The summed E-state index contributed by atoms with van der Waals surface area (Å²) < 4.78 is 5.36. The number of pyridine rings is 1. The number of hydrogen-bond acceptors (Lipinski definition) is 3. The Morgan fingerprint density at radius 2 is 1.96 bits per heavy atom. The number of fused-ring (bicyclic) bond motifs is 1. The fraction of sp³-hybridized carbons (Fsp3) is 0.391. The number of carbonyl (C=O) groups excluding carboxylic acids is 1. The Morgan fingerprint density at radius 1 is 1.18 bits per heavy atom. The van der Waals surface area contributed by atoms with Gasteiger partial charge in [0.05, 0.1) is 12.8 Å². The minimum atomic E-state index is -0.142. The predicted octanol–water partition coefficient (Wildman–Crippen LogP) is 4.71. The maximum Gasteiger partial charge on any atom is 0.290 e. The number of nitrogens with one attached hydrogen (secondary N) is 1. The van der Waals surface area contributed by atoms with Crippen molar-refractivity contribution in [2.24, 2.45) is 0 Å². The molecule has 1 saturated carbocycles. The number of aromatic nitrogens is 1. The summed E-state index contributed by atoms with van der Waals surface area (Å²) in [4.78, 5) is 30.7. The Labute approximate surface area is 164 Å². The molecule has 1 aromatic carbocycles. The topological polar surface area (TPSA) is 66.3 Å². The van der Waals surface area contributed by atoms with Crippen molar-refractivity contribution < 1.29 is 9.21 Å². The van der Waals surface area contributed by atoms with Gasteiger partial charge in [-0.3, -0.25) is 9.59 Å². The zero-order valence-electron chi connectivity index (χ0n) is 16.5. The average molecular weight is 378 g/mol. The van der Waals surface area contributed by atoms with E-state index in [1.807, 2.05) is 30.9 Å². The molecule has 5 heteroatoms. The van der Waals surface area contributed by atoms with E-state index in [0.717, 1.165) is 47.7 Å². The maximum atomic E-state index is 13.1. The van der Waals surface area contributed by atoms with Crippen molar-refractivity contribution in [1.82, 2.24) is 9.88 Å². The highest BCUT2D eigenvalue weighted by atomic mass is 16.3. The standard InChI is InChI=1S/C23H26N2O3/c1-15-11-16(2)19-13-17(22(26)24-20(19)12-15)14-25(18-7-4-3-5-8-18)23(27)21-9-6-10-28-21/h6,9-13,18H,3-5,7-8,14H2,1-2H3,(H,24,26). The lowest BCUT2D eigenvalue weighted by Gasteiger charge is -2.33. The van der Waals surface area contributed by atoms with Gasteiger partial charge in [-0.1, -0.05) is 25.3 Å². The van der Waals surface area contributed by atoms with Crippen LogP contribution >= 0.6 is 0 Å². The molecule has 0 spiro atoms. The number of benzene rings is 1. The molecule has 5 nitrogen and oxygen atoms in total. The third kappa shape index (κ3) is 3.61. The summed E-state index contributed by atoms with van der Waals surface area (Å²) in [7, 11) is 0. The van der Waals surface area contributed by atoms with Gasteiger partial charge in [0.2, 0.25) is 0 Å². The first-order valence-corrected chi connectivity index (χ1v) is 10.0. The SMILES string of the molecule is Cc1cc(C)c2cc(CN(C(=O)c3ccco3)C3CCCCC3)c(=O)[nH]c2c1. The molecule has 1 fully saturated rings. The summed E-state index contributed by atoms with van der Waals surface area (Å²) in [5.41, 5.74) is 3.56. The molecule has 0 bridgehead atoms. The van der Waals surface area contributed by atoms with E-state index in [9.17, 15) is 9.59 Å². The van der Waals surface area contributed by atoms with Crippen LogP contribution in [0.4, 0.5) is 0 Å². The highest BCUT2D eigenvalue weighted by Gasteiger charge is 2.28. The quantitative estimate of drug-likeness (QED) is 0.715. The maximum absolute atomic E-state index is 13.1. The summed E-state index contributed by atoms with van der Waals surface area (Å²) in [5.74, 6) is 0.187. The molecule has 28 heavy (non-hydrogen) atoms. The molecular weight excluding hydrogens is 352 g/mol. The zero-order chi connectivity index (χ0) is 19.7. The number of aromatic amines is 1. The van der Waals surface area contributed by atoms with E-state index in [2.05, 4.69) is 11.1 Å². The van der Waals surface area contributed by atoms with Gasteiger partial charge in [-0.05, 0) is 62.1 Å². The molecule has 1 amide bonds. The first kappa shape index (κ1) is 18.5. The lowest BCUT2D eigenvalue weighted by molar-refractivity contribution is 0.0581. The number of carbonyl (C=O) groups is 1. The molecule has 1 aliphatic rings. The minimum absolute atomic E-state index is 0.134. The summed E-state index contributed by atoms with van der Waals surface area (Å²) in [5, 5.41) is 1.02. The molecule has 4 rings (SSSR count). The molecule has 1 aliphatic carbocycles. The minimum Gasteiger partial charge on any atom is -0.459 e. The molecule has 0 radical (unpaired) electrons. The second-order valence-electron chi connectivity index (χ2n) is 7.87. The normalized spacial score (nSPS) is 15.1. The number of amides is 1. The fourth-order valence-corrected chi connectivity index (χ4v) is 4.32. The monoisotopic (exact) mass is 378 g/mol. The second-order valence-corrected chi connectivity index (χ2v) is 7.87. The average Bonchev–Trinajstić information content (AvgIpc) is 3.21. The van der Waals surface area contributed by atoms with E-state index in [4.69, 9.17) is 4.42 Å². The van der Waals surface area contributed by atoms with Gasteiger partial charge in [0, 0.05) is 22.5 Å². The number of rotatable bonds is 4. The highest BCUT2D eigenvalue weighted by Crippen LogP contribution is 2.26. The van der Waals surface area contributed by atoms with E-state index in [-0.39, 0.29) is 17.5 Å². The molecule has 146 valence electrons. The van der Waals surface area contributed by atoms with Crippen molar-refractivity contribution >= 4 is 16.8 Å². The lowest BCUT2D eigenvalue weighted by Crippen LogP contribution is -2.42. The Kier molecular flexibility index (Phi) is 5.07. The number of hydrogen-bond donors (Lipinski definition) is 1. The molecule has 0 atom stereocenters. The van der Waals surface area contributed by atoms with Crippen LogP contribution in [0.2, 0.25) is 0 Å². The van der Waals surface area contributed by atoms with Crippen molar-refractivity contribution in [3.8, 4) is 0 Å². The molecule has 0 unspecified atom stereocenters. The number of H-pyrrole nitrogens is 1. The van der Waals surface area contributed by atoms with Crippen LogP contribution in [0.3, 0.4) is 0 Å². The number of aryl methyl sites for hydroxylation is 2. The summed E-state index contributed by atoms with van der Waals surface area (Å²) in [6, 6.07) is 9.59. The van der Waals surface area contributed by atoms with Crippen molar-refractivity contribution in [2.45, 2.75) is 58.5 Å². The van der Waals surface area contributed by atoms with Crippen molar-refractivity contribution in [1.29, 1.82) is 0 Å². The summed E-state index contributed by atoms with van der Waals surface area (Å²) >= 11 is 0. The Balaban J connectivity index is 1.72. The van der Waals surface area contributed by atoms with Crippen LogP contribution in [0.1, 0.15) is 59.3 Å². The molecule has 0 aliphatic heterocycles. The Bertz CT molecular complexity index is 1040. The van der Waals surface area contributed by atoms with Crippen LogP contribution in [-0.4, -0.2) is 21.8 Å². The van der Waals surface area contributed by atoms with Crippen LogP contribution < -0.4 is 5.56 Å². The third-order valence-corrected chi connectivity index (χ3v) is 5.74. The Morgan fingerprint density at radius 3 is 2.68 bits per heavy atom. The second kappa shape index (κ2) is 7.66. The van der Waals surface area contributed by atoms with E-state index in [0.29, 0.717) is 17.9 Å². The number of furan rings is 1. The van der Waals surface area contributed by atoms with Gasteiger partial charge in [-0.25, -0.2) is 0 Å². The zero-order valence-corrected chi connectivity index (χ0v) is 16.5. The van der Waals surface area contributed by atoms with Gasteiger partial charge in [-0.15, -0.1) is 0 Å². The van der Waals surface area contributed by atoms with Crippen LogP contribution in [0.25, 0.3) is 10.9 Å². The fourth-order valence-electron chi connectivity index (χ4n) is 4.32. The largest absolute Gasteiger partial charge is 0.459 e. The summed E-state index contributed by atoms with van der Waals surface area (Å²) in [6.45, 7) is 4.36. The molecule has 2 aromatic heterocycles. The molecule has 2 heterocycles. The van der Waals surface area contributed by atoms with Crippen LogP contribution in [-0.2, 0) is 6.54 Å². The smallest absolute Gasteiger partial charge is 0.290 e. The molecule has 3 aromatic rings. The predicted molar refractivity (Wildman–Crippen MR) is 109 cm³/mol. The number of nitrogens with zero attached hydrogens (tertiary/aromatic N) is 1. The van der Waals surface area contributed by atoms with Gasteiger partial charge in [0.1, 0.15) is 0 Å². The molecule has 1 N–H and O–H groups in total. The van der Waals surface area contributed by atoms with E-state index >= 15 is 0 Å². The van der Waals surface area contributed by atoms with Gasteiger partial charge in [0.15, 0.2) is 5.76 Å². The van der Waals surface area contributed by atoms with E-state index < -0.39 is 0 Å². The first-order chi connectivity index (χ1) is 13.5. The van der Waals surface area contributed by atoms with Crippen molar-refractivity contribution in [3.05, 3.63) is 69.4 Å². The highest BCUT2D eigenvalue weighted by molar-refractivity contribution is 5.91. The van der Waals surface area contributed by atoms with E-state index in [1.165, 1.54) is 12.7 Å².